The van der Waals surface area contributed by atoms with Crippen LogP contribution in [-0.4, -0.2) is 7.11 Å². The number of benzene rings is 2. The maximum Gasteiger partial charge on any atom is 0.129 e. The van der Waals surface area contributed by atoms with Gasteiger partial charge in [0, 0.05) is 19.7 Å². The van der Waals surface area contributed by atoms with E-state index in [4.69, 9.17) is 4.74 Å². The number of rotatable bonds is 3. The van der Waals surface area contributed by atoms with Gasteiger partial charge in [-0.2, -0.15) is 0 Å². The second kappa shape index (κ2) is 6.69. The van der Waals surface area contributed by atoms with Crippen molar-refractivity contribution in [2.45, 2.75) is 17.9 Å². The average Bonchev–Trinajstić information content (AvgIpc) is 2.57. The summed E-state index contributed by atoms with van der Waals surface area (Å²) in [4.78, 5) is 0. The molecule has 0 fully saturated rings. The molecule has 0 aromatic heterocycles. The van der Waals surface area contributed by atoms with Gasteiger partial charge in [0.1, 0.15) is 5.60 Å². The minimum atomic E-state index is -0.479. The normalized spacial score (nSPS) is 26.4. The minimum Gasteiger partial charge on any atom is -0.365 e. The van der Waals surface area contributed by atoms with Crippen molar-refractivity contribution in [2.24, 2.45) is 0 Å². The predicted octanol–water partition coefficient (Wildman–Crippen LogP) is 5.82. The Bertz CT molecular complexity index is 728. The lowest BCUT2D eigenvalue weighted by Gasteiger charge is -2.35. The molecule has 2 aromatic rings. The molecule has 0 bridgehead atoms. The molecule has 3 rings (SSSR count). The summed E-state index contributed by atoms with van der Waals surface area (Å²) in [6, 6.07) is 17.2. The summed E-state index contributed by atoms with van der Waals surface area (Å²) in [6.07, 6.45) is 8.84. The van der Waals surface area contributed by atoms with E-state index in [-0.39, 0.29) is 5.41 Å². The molecule has 0 saturated heterocycles. The maximum absolute atomic E-state index is 5.88. The van der Waals surface area contributed by atoms with E-state index in [1.807, 2.05) is 0 Å². The van der Waals surface area contributed by atoms with Crippen LogP contribution in [0.3, 0.4) is 0 Å². The number of hydrogen-bond acceptors (Lipinski definition) is 1. The lowest BCUT2D eigenvalue weighted by atomic mass is 9.75. The molecule has 2 aromatic carbocycles. The first-order chi connectivity index (χ1) is 11.0. The van der Waals surface area contributed by atoms with Crippen LogP contribution in [0, 0.1) is 7.14 Å². The SMILES string of the molecule is COC1(c2ccc(I)cc2)C=CC(C)(c2ccc(I)cc2)C=C1. The van der Waals surface area contributed by atoms with Crippen molar-refractivity contribution < 1.29 is 4.74 Å². The van der Waals surface area contributed by atoms with Gasteiger partial charge in [-0.25, -0.2) is 0 Å². The molecule has 1 nitrogen and oxygen atoms in total. The summed E-state index contributed by atoms with van der Waals surface area (Å²) in [6.45, 7) is 2.23. The van der Waals surface area contributed by atoms with Crippen molar-refractivity contribution in [3.63, 3.8) is 0 Å². The van der Waals surface area contributed by atoms with Crippen LogP contribution in [0.1, 0.15) is 18.1 Å². The zero-order valence-corrected chi connectivity index (χ0v) is 17.4. The number of hydrogen-bond donors (Lipinski definition) is 0. The Balaban J connectivity index is 1.96. The Kier molecular flexibility index (Phi) is 4.99. The van der Waals surface area contributed by atoms with Gasteiger partial charge in [-0.3, -0.25) is 0 Å². The van der Waals surface area contributed by atoms with Crippen LogP contribution in [0.2, 0.25) is 0 Å². The number of methoxy groups -OCH3 is 1. The van der Waals surface area contributed by atoms with E-state index in [9.17, 15) is 0 Å². The van der Waals surface area contributed by atoms with E-state index >= 15 is 0 Å². The number of halogens is 2. The van der Waals surface area contributed by atoms with Crippen LogP contribution < -0.4 is 0 Å². The quantitative estimate of drug-likeness (QED) is 0.361. The Morgan fingerprint density at radius 1 is 0.696 bits per heavy atom. The fraction of sp³-hybridized carbons (Fsp3) is 0.200. The van der Waals surface area contributed by atoms with E-state index in [1.54, 1.807) is 7.11 Å². The van der Waals surface area contributed by atoms with Crippen molar-refractivity contribution in [2.75, 3.05) is 7.11 Å². The predicted molar refractivity (Wildman–Crippen MR) is 113 cm³/mol. The third-order valence-electron chi connectivity index (χ3n) is 4.45. The average molecular weight is 528 g/mol. The molecule has 0 amide bonds. The Morgan fingerprint density at radius 2 is 1.13 bits per heavy atom. The largest absolute Gasteiger partial charge is 0.365 e. The third-order valence-corrected chi connectivity index (χ3v) is 5.89. The van der Waals surface area contributed by atoms with Gasteiger partial charge in [0.05, 0.1) is 0 Å². The van der Waals surface area contributed by atoms with Crippen LogP contribution in [-0.2, 0) is 15.8 Å². The smallest absolute Gasteiger partial charge is 0.129 e. The molecule has 0 heterocycles. The molecule has 1 aliphatic carbocycles. The zero-order chi connectivity index (χ0) is 16.5. The highest BCUT2D eigenvalue weighted by atomic mass is 127. The topological polar surface area (TPSA) is 9.23 Å². The molecule has 0 radical (unpaired) electrons. The standard InChI is InChI=1S/C20H18I2O/c1-19(15-3-7-17(21)8-4-15)11-13-20(23-2,14-12-19)16-5-9-18(22)10-6-16/h3-14H,1-2H3. The van der Waals surface area contributed by atoms with E-state index < -0.39 is 5.60 Å². The fourth-order valence-corrected chi connectivity index (χ4v) is 3.58. The molecule has 0 spiro atoms. The molecule has 3 heteroatoms. The molecule has 0 N–H and O–H groups in total. The molecule has 23 heavy (non-hydrogen) atoms. The third kappa shape index (κ3) is 3.42. The van der Waals surface area contributed by atoms with Crippen molar-refractivity contribution in [1.82, 2.24) is 0 Å². The Morgan fingerprint density at radius 3 is 1.57 bits per heavy atom. The molecular formula is C20H18I2O. The summed E-state index contributed by atoms with van der Waals surface area (Å²) in [5.74, 6) is 0. The summed E-state index contributed by atoms with van der Waals surface area (Å²) >= 11 is 4.66. The minimum absolute atomic E-state index is 0.102. The second-order valence-electron chi connectivity index (χ2n) is 5.96. The fourth-order valence-electron chi connectivity index (χ4n) is 2.86. The van der Waals surface area contributed by atoms with Gasteiger partial charge >= 0.3 is 0 Å². The first kappa shape index (κ1) is 17.2. The zero-order valence-electron chi connectivity index (χ0n) is 13.1. The highest BCUT2D eigenvalue weighted by Crippen LogP contribution is 2.39. The second-order valence-corrected chi connectivity index (χ2v) is 8.45. The summed E-state index contributed by atoms with van der Waals surface area (Å²) in [5.41, 5.74) is 1.86. The molecule has 118 valence electrons. The van der Waals surface area contributed by atoms with Crippen LogP contribution in [0.5, 0.6) is 0 Å². The highest BCUT2D eigenvalue weighted by Gasteiger charge is 2.33. The van der Waals surface area contributed by atoms with Crippen LogP contribution in [0.15, 0.2) is 72.8 Å². The monoisotopic (exact) mass is 528 g/mol. The molecule has 0 unspecified atom stereocenters. The van der Waals surface area contributed by atoms with Gasteiger partial charge in [-0.1, -0.05) is 36.4 Å². The van der Waals surface area contributed by atoms with Crippen molar-refractivity contribution in [3.05, 3.63) is 91.1 Å². The molecule has 0 atom stereocenters. The van der Waals surface area contributed by atoms with E-state index in [0.717, 1.165) is 5.56 Å². The van der Waals surface area contributed by atoms with Crippen molar-refractivity contribution >= 4 is 45.2 Å². The summed E-state index contributed by atoms with van der Waals surface area (Å²) in [7, 11) is 1.76. The van der Waals surface area contributed by atoms with Gasteiger partial charge in [-0.15, -0.1) is 0 Å². The molecule has 1 aliphatic rings. The van der Waals surface area contributed by atoms with Gasteiger partial charge in [0.25, 0.3) is 0 Å². The van der Waals surface area contributed by atoms with Gasteiger partial charge < -0.3 is 4.74 Å². The molecule has 0 aliphatic heterocycles. The van der Waals surface area contributed by atoms with E-state index in [2.05, 4.69) is 125 Å². The number of allylic oxidation sites excluding steroid dienone is 2. The highest BCUT2D eigenvalue weighted by molar-refractivity contribution is 14.1. The Hall–Kier alpha value is -0.660. The van der Waals surface area contributed by atoms with Gasteiger partial charge in [-0.05, 0) is 99.6 Å². The Labute approximate surface area is 165 Å². The summed E-state index contributed by atoms with van der Waals surface area (Å²) < 4.78 is 8.36. The lowest BCUT2D eigenvalue weighted by molar-refractivity contribution is 0.0698. The molecular weight excluding hydrogens is 510 g/mol. The van der Waals surface area contributed by atoms with E-state index in [0.29, 0.717) is 0 Å². The van der Waals surface area contributed by atoms with Crippen molar-refractivity contribution in [1.29, 1.82) is 0 Å². The van der Waals surface area contributed by atoms with Crippen molar-refractivity contribution in [3.8, 4) is 0 Å². The van der Waals surface area contributed by atoms with Gasteiger partial charge in [0.2, 0.25) is 0 Å². The first-order valence-electron chi connectivity index (χ1n) is 7.45. The van der Waals surface area contributed by atoms with Crippen LogP contribution >= 0.6 is 45.2 Å². The van der Waals surface area contributed by atoms with E-state index in [1.165, 1.54) is 12.7 Å². The maximum atomic E-state index is 5.88. The first-order valence-corrected chi connectivity index (χ1v) is 9.61. The van der Waals surface area contributed by atoms with Crippen LogP contribution in [0.4, 0.5) is 0 Å². The molecule has 0 saturated carbocycles. The van der Waals surface area contributed by atoms with Gasteiger partial charge in [0.15, 0.2) is 0 Å². The summed E-state index contributed by atoms with van der Waals surface area (Å²) in [5, 5.41) is 0. The number of ether oxygens (including phenoxy) is 1. The lowest BCUT2D eigenvalue weighted by Crippen LogP contribution is -2.30. The van der Waals surface area contributed by atoms with Crippen LogP contribution in [0.25, 0.3) is 0 Å².